The van der Waals surface area contributed by atoms with Crippen molar-refractivity contribution in [2.75, 3.05) is 26.3 Å². The minimum atomic E-state index is -1.05. The van der Waals surface area contributed by atoms with Gasteiger partial charge in [0, 0.05) is 13.1 Å². The van der Waals surface area contributed by atoms with Gasteiger partial charge in [-0.3, -0.25) is 9.59 Å². The van der Waals surface area contributed by atoms with Gasteiger partial charge < -0.3 is 14.7 Å². The maximum absolute atomic E-state index is 12.1. The van der Waals surface area contributed by atoms with Crippen LogP contribution in [-0.2, 0) is 14.3 Å². The zero-order valence-electron chi connectivity index (χ0n) is 10.0. The van der Waals surface area contributed by atoms with E-state index in [0.717, 1.165) is 0 Å². The number of morpholine rings is 1. The van der Waals surface area contributed by atoms with Crippen molar-refractivity contribution in [3.8, 4) is 0 Å². The highest BCUT2D eigenvalue weighted by Gasteiger charge is 2.40. The van der Waals surface area contributed by atoms with Crippen LogP contribution in [0.2, 0.25) is 0 Å². The van der Waals surface area contributed by atoms with Crippen molar-refractivity contribution in [1.29, 1.82) is 0 Å². The van der Waals surface area contributed by atoms with Gasteiger partial charge in [-0.2, -0.15) is 0 Å². The van der Waals surface area contributed by atoms with Crippen LogP contribution in [0.5, 0.6) is 0 Å². The number of carboxylic acid groups (broad SMARTS) is 1. The molecule has 0 aromatic rings. The number of ether oxygens (including phenoxy) is 1. The molecule has 1 amide bonds. The average molecular weight is 229 g/mol. The summed E-state index contributed by atoms with van der Waals surface area (Å²) in [6.45, 7) is 7.25. The first-order valence-corrected chi connectivity index (χ1v) is 5.43. The van der Waals surface area contributed by atoms with Gasteiger partial charge in [0.05, 0.1) is 13.2 Å². The topological polar surface area (TPSA) is 66.8 Å². The Kier molecular flexibility index (Phi) is 3.91. The lowest BCUT2D eigenvalue weighted by Crippen LogP contribution is -2.49. The third kappa shape index (κ3) is 2.95. The van der Waals surface area contributed by atoms with Crippen LogP contribution in [0.15, 0.2) is 0 Å². The van der Waals surface area contributed by atoms with E-state index >= 15 is 0 Å². The molecule has 0 saturated carbocycles. The summed E-state index contributed by atoms with van der Waals surface area (Å²) in [6, 6.07) is 0. The van der Waals surface area contributed by atoms with Crippen LogP contribution in [-0.4, -0.2) is 48.2 Å². The van der Waals surface area contributed by atoms with E-state index in [2.05, 4.69) is 0 Å². The quantitative estimate of drug-likeness (QED) is 0.704. The first-order valence-electron chi connectivity index (χ1n) is 5.43. The molecule has 1 unspecified atom stereocenters. The molecule has 0 aliphatic carbocycles. The summed E-state index contributed by atoms with van der Waals surface area (Å²) in [6.07, 6.45) is 0. The van der Waals surface area contributed by atoms with Crippen LogP contribution >= 0.6 is 0 Å². The van der Waals surface area contributed by atoms with Gasteiger partial charge in [0.2, 0.25) is 5.91 Å². The Balaban J connectivity index is 2.78. The SMILES string of the molecule is CC(C)(C)C(C(=O)O)C(=O)N1CCOCC1. The Hall–Kier alpha value is -1.10. The molecule has 1 N–H and O–H groups in total. The summed E-state index contributed by atoms with van der Waals surface area (Å²) < 4.78 is 5.13. The average Bonchev–Trinajstić information content (AvgIpc) is 2.16. The van der Waals surface area contributed by atoms with Gasteiger partial charge in [0.15, 0.2) is 0 Å². The van der Waals surface area contributed by atoms with E-state index in [1.165, 1.54) is 0 Å². The molecule has 1 atom stereocenters. The maximum Gasteiger partial charge on any atom is 0.316 e. The molecule has 16 heavy (non-hydrogen) atoms. The van der Waals surface area contributed by atoms with Crippen LogP contribution in [0.1, 0.15) is 20.8 Å². The summed E-state index contributed by atoms with van der Waals surface area (Å²) >= 11 is 0. The second-order valence-electron chi connectivity index (χ2n) is 5.07. The summed E-state index contributed by atoms with van der Waals surface area (Å²) in [5.74, 6) is -2.34. The zero-order chi connectivity index (χ0) is 12.3. The van der Waals surface area contributed by atoms with Gasteiger partial charge in [0.1, 0.15) is 5.92 Å². The van der Waals surface area contributed by atoms with Crippen LogP contribution < -0.4 is 0 Å². The fraction of sp³-hybridized carbons (Fsp3) is 0.818. The molecule has 5 heteroatoms. The molecular formula is C11H19NO4. The summed E-state index contributed by atoms with van der Waals surface area (Å²) in [5, 5.41) is 9.13. The predicted octanol–water partition coefficient (Wildman–Crippen LogP) is 0.592. The van der Waals surface area contributed by atoms with E-state index < -0.39 is 17.3 Å². The van der Waals surface area contributed by atoms with Crippen molar-refractivity contribution in [2.45, 2.75) is 20.8 Å². The van der Waals surface area contributed by atoms with Crippen LogP contribution in [0.25, 0.3) is 0 Å². The Labute approximate surface area is 95.4 Å². The second-order valence-corrected chi connectivity index (χ2v) is 5.07. The summed E-state index contributed by atoms with van der Waals surface area (Å²) in [4.78, 5) is 24.8. The summed E-state index contributed by atoms with van der Waals surface area (Å²) in [5.41, 5.74) is -0.568. The molecule has 0 aromatic carbocycles. The van der Waals surface area contributed by atoms with Crippen LogP contribution in [0.3, 0.4) is 0 Å². The lowest BCUT2D eigenvalue weighted by molar-refractivity contribution is -0.158. The first-order chi connectivity index (χ1) is 7.34. The zero-order valence-corrected chi connectivity index (χ0v) is 10.0. The Bertz CT molecular complexity index is 276. The number of hydrogen-bond acceptors (Lipinski definition) is 3. The molecule has 0 radical (unpaired) electrons. The number of amides is 1. The lowest BCUT2D eigenvalue weighted by atomic mass is 9.80. The summed E-state index contributed by atoms with van der Waals surface area (Å²) in [7, 11) is 0. The molecular weight excluding hydrogens is 210 g/mol. The highest BCUT2D eigenvalue weighted by molar-refractivity contribution is 5.97. The third-order valence-corrected chi connectivity index (χ3v) is 2.68. The number of hydrogen-bond donors (Lipinski definition) is 1. The van der Waals surface area contributed by atoms with Gasteiger partial charge in [-0.15, -0.1) is 0 Å². The fourth-order valence-electron chi connectivity index (χ4n) is 1.81. The van der Waals surface area contributed by atoms with Crippen molar-refractivity contribution in [3.63, 3.8) is 0 Å². The molecule has 0 aromatic heterocycles. The molecule has 92 valence electrons. The standard InChI is InChI=1S/C11H19NO4/c1-11(2,3)8(10(14)15)9(13)12-4-6-16-7-5-12/h8H,4-7H2,1-3H3,(H,14,15). The molecule has 5 nitrogen and oxygen atoms in total. The monoisotopic (exact) mass is 229 g/mol. The van der Waals surface area contributed by atoms with E-state index in [9.17, 15) is 9.59 Å². The molecule has 1 aliphatic rings. The van der Waals surface area contributed by atoms with Crippen LogP contribution in [0.4, 0.5) is 0 Å². The van der Waals surface area contributed by atoms with Crippen molar-refractivity contribution >= 4 is 11.9 Å². The van der Waals surface area contributed by atoms with Gasteiger partial charge in [-0.05, 0) is 5.41 Å². The largest absolute Gasteiger partial charge is 0.481 e. The van der Waals surface area contributed by atoms with Crippen molar-refractivity contribution in [3.05, 3.63) is 0 Å². The predicted molar refractivity (Wildman–Crippen MR) is 58.0 cm³/mol. The van der Waals surface area contributed by atoms with E-state index in [1.807, 2.05) is 0 Å². The molecule has 0 spiro atoms. The van der Waals surface area contributed by atoms with E-state index in [0.29, 0.717) is 26.3 Å². The highest BCUT2D eigenvalue weighted by atomic mass is 16.5. The number of carbonyl (C=O) groups is 2. The van der Waals surface area contributed by atoms with E-state index in [-0.39, 0.29) is 5.91 Å². The molecule has 1 rings (SSSR count). The first kappa shape index (κ1) is 13.0. The van der Waals surface area contributed by atoms with Crippen LogP contribution in [0, 0.1) is 11.3 Å². The fourth-order valence-corrected chi connectivity index (χ4v) is 1.81. The Morgan fingerprint density at radius 1 is 1.25 bits per heavy atom. The highest BCUT2D eigenvalue weighted by Crippen LogP contribution is 2.28. The van der Waals surface area contributed by atoms with Gasteiger partial charge in [-0.25, -0.2) is 0 Å². The van der Waals surface area contributed by atoms with E-state index in [4.69, 9.17) is 9.84 Å². The molecule has 1 aliphatic heterocycles. The van der Waals surface area contributed by atoms with Crippen molar-refractivity contribution < 1.29 is 19.4 Å². The third-order valence-electron chi connectivity index (χ3n) is 2.68. The smallest absolute Gasteiger partial charge is 0.316 e. The van der Waals surface area contributed by atoms with Gasteiger partial charge in [-0.1, -0.05) is 20.8 Å². The van der Waals surface area contributed by atoms with Gasteiger partial charge in [0.25, 0.3) is 0 Å². The number of carbonyl (C=O) groups excluding carboxylic acids is 1. The molecule has 1 heterocycles. The van der Waals surface area contributed by atoms with E-state index in [1.54, 1.807) is 25.7 Å². The van der Waals surface area contributed by atoms with Gasteiger partial charge >= 0.3 is 5.97 Å². The normalized spacial score (nSPS) is 19.3. The number of aliphatic carboxylic acids is 1. The van der Waals surface area contributed by atoms with Crippen molar-refractivity contribution in [1.82, 2.24) is 4.90 Å². The number of nitrogens with zero attached hydrogens (tertiary/aromatic N) is 1. The Morgan fingerprint density at radius 2 is 1.75 bits per heavy atom. The number of carboxylic acids is 1. The maximum atomic E-state index is 12.1. The number of rotatable bonds is 2. The minimum absolute atomic E-state index is 0.302. The Morgan fingerprint density at radius 3 is 2.12 bits per heavy atom. The van der Waals surface area contributed by atoms with Crippen molar-refractivity contribution in [2.24, 2.45) is 11.3 Å². The molecule has 1 saturated heterocycles. The molecule has 1 fully saturated rings. The second kappa shape index (κ2) is 4.82. The molecule has 0 bridgehead atoms. The minimum Gasteiger partial charge on any atom is -0.481 e. The lowest BCUT2D eigenvalue weighted by Gasteiger charge is -2.33.